The van der Waals surface area contributed by atoms with Crippen LogP contribution in [0.4, 0.5) is 4.39 Å². The monoisotopic (exact) mass is 264 g/mol. The van der Waals surface area contributed by atoms with E-state index < -0.39 is 5.82 Å². The lowest BCUT2D eigenvalue weighted by atomic mass is 10.0. The summed E-state index contributed by atoms with van der Waals surface area (Å²) in [5.41, 5.74) is 1.01. The number of amides is 1. The van der Waals surface area contributed by atoms with Gasteiger partial charge in [-0.25, -0.2) is 4.39 Å². The number of carbonyl (C=O) groups excluding carboxylic acids is 1. The van der Waals surface area contributed by atoms with Gasteiger partial charge in [0.15, 0.2) is 0 Å². The molecule has 0 radical (unpaired) electrons. The fraction of sp³-hybridized carbons (Fsp3) is 0.533. The van der Waals surface area contributed by atoms with Crippen molar-refractivity contribution in [3.05, 3.63) is 35.1 Å². The number of aryl methyl sites for hydroxylation is 1. The van der Waals surface area contributed by atoms with Crippen LogP contribution in [0.5, 0.6) is 0 Å². The summed E-state index contributed by atoms with van der Waals surface area (Å²) >= 11 is 0. The Morgan fingerprint density at radius 1 is 1.53 bits per heavy atom. The molecule has 3 nitrogen and oxygen atoms in total. The Balaban J connectivity index is 2.10. The zero-order valence-corrected chi connectivity index (χ0v) is 11.6. The Hall–Kier alpha value is -1.42. The summed E-state index contributed by atoms with van der Waals surface area (Å²) in [4.78, 5) is 14.1. The Bertz CT molecular complexity index is 459. The van der Waals surface area contributed by atoms with E-state index in [9.17, 15) is 9.18 Å². The van der Waals surface area contributed by atoms with Gasteiger partial charge < -0.3 is 10.2 Å². The minimum Gasteiger partial charge on any atom is -0.337 e. The van der Waals surface area contributed by atoms with E-state index in [1.165, 1.54) is 6.07 Å². The summed E-state index contributed by atoms with van der Waals surface area (Å²) in [5, 5.41) is 3.36. The maximum Gasteiger partial charge on any atom is 0.256 e. The molecule has 1 atom stereocenters. The van der Waals surface area contributed by atoms with E-state index in [1.807, 2.05) is 6.92 Å². The summed E-state index contributed by atoms with van der Waals surface area (Å²) in [6, 6.07) is 5.11. The molecule has 19 heavy (non-hydrogen) atoms. The van der Waals surface area contributed by atoms with Gasteiger partial charge in [0.1, 0.15) is 5.82 Å². The smallest absolute Gasteiger partial charge is 0.256 e. The number of nitrogens with one attached hydrogen (secondary N) is 1. The van der Waals surface area contributed by atoms with E-state index in [-0.39, 0.29) is 11.5 Å². The van der Waals surface area contributed by atoms with Crippen LogP contribution < -0.4 is 5.32 Å². The second kappa shape index (κ2) is 6.15. The molecule has 2 rings (SSSR count). The van der Waals surface area contributed by atoms with Gasteiger partial charge in [0, 0.05) is 19.1 Å². The Morgan fingerprint density at radius 3 is 3.00 bits per heavy atom. The molecule has 0 bridgehead atoms. The van der Waals surface area contributed by atoms with Crippen LogP contribution in [0.1, 0.15) is 35.7 Å². The number of piperidine rings is 1. The van der Waals surface area contributed by atoms with Gasteiger partial charge in [-0.2, -0.15) is 0 Å². The van der Waals surface area contributed by atoms with Gasteiger partial charge in [-0.05, 0) is 44.0 Å². The number of benzene rings is 1. The van der Waals surface area contributed by atoms with Crippen LogP contribution in [0.3, 0.4) is 0 Å². The van der Waals surface area contributed by atoms with Crippen molar-refractivity contribution >= 4 is 5.91 Å². The topological polar surface area (TPSA) is 32.3 Å². The van der Waals surface area contributed by atoms with Crippen LogP contribution in [0.2, 0.25) is 0 Å². The molecule has 1 unspecified atom stereocenters. The number of hydrogen-bond donors (Lipinski definition) is 1. The summed E-state index contributed by atoms with van der Waals surface area (Å²) < 4.78 is 13.8. The SMILES string of the molecule is CCNC1CCCN(C(=O)c2ccc(C)cc2F)C1. The normalized spacial score (nSPS) is 19.5. The number of halogens is 1. The van der Waals surface area contributed by atoms with Gasteiger partial charge in [0.25, 0.3) is 5.91 Å². The van der Waals surface area contributed by atoms with Crippen molar-refractivity contribution in [2.75, 3.05) is 19.6 Å². The molecule has 1 aliphatic heterocycles. The summed E-state index contributed by atoms with van der Waals surface area (Å²) in [5.74, 6) is -0.615. The number of likely N-dealkylation sites (tertiary alicyclic amines) is 1. The molecular weight excluding hydrogens is 243 g/mol. The van der Waals surface area contributed by atoms with Crippen LogP contribution in [0, 0.1) is 12.7 Å². The molecule has 1 heterocycles. The van der Waals surface area contributed by atoms with Crippen molar-refractivity contribution in [2.45, 2.75) is 32.7 Å². The fourth-order valence-electron chi connectivity index (χ4n) is 2.58. The zero-order chi connectivity index (χ0) is 13.8. The van der Waals surface area contributed by atoms with Crippen LogP contribution in [-0.4, -0.2) is 36.5 Å². The third-order valence-electron chi connectivity index (χ3n) is 3.56. The number of rotatable bonds is 3. The van der Waals surface area contributed by atoms with Crippen LogP contribution in [0.15, 0.2) is 18.2 Å². The second-order valence-corrected chi connectivity index (χ2v) is 5.13. The highest BCUT2D eigenvalue weighted by Gasteiger charge is 2.25. The number of hydrogen-bond acceptors (Lipinski definition) is 2. The lowest BCUT2D eigenvalue weighted by Gasteiger charge is -2.33. The molecule has 104 valence electrons. The molecule has 0 aliphatic carbocycles. The van der Waals surface area contributed by atoms with Gasteiger partial charge in [-0.3, -0.25) is 4.79 Å². The van der Waals surface area contributed by atoms with Crippen molar-refractivity contribution in [1.82, 2.24) is 10.2 Å². The Morgan fingerprint density at radius 2 is 2.32 bits per heavy atom. The second-order valence-electron chi connectivity index (χ2n) is 5.13. The maximum atomic E-state index is 13.8. The molecule has 0 aromatic heterocycles. The first kappa shape index (κ1) is 14.0. The van der Waals surface area contributed by atoms with Gasteiger partial charge in [0.05, 0.1) is 5.56 Å². The first-order valence-corrected chi connectivity index (χ1v) is 6.90. The van der Waals surface area contributed by atoms with Crippen molar-refractivity contribution < 1.29 is 9.18 Å². The van der Waals surface area contributed by atoms with Gasteiger partial charge >= 0.3 is 0 Å². The van der Waals surface area contributed by atoms with Crippen LogP contribution >= 0.6 is 0 Å². The van der Waals surface area contributed by atoms with Crippen LogP contribution in [-0.2, 0) is 0 Å². The average Bonchev–Trinajstić information content (AvgIpc) is 2.39. The third kappa shape index (κ3) is 3.32. The molecule has 4 heteroatoms. The van der Waals surface area contributed by atoms with Crippen LogP contribution in [0.25, 0.3) is 0 Å². The summed E-state index contributed by atoms with van der Waals surface area (Å²) in [6.07, 6.45) is 2.05. The predicted molar refractivity (Wildman–Crippen MR) is 73.7 cm³/mol. The molecule has 1 N–H and O–H groups in total. The van der Waals surface area contributed by atoms with Crippen molar-refractivity contribution in [2.24, 2.45) is 0 Å². The zero-order valence-electron chi connectivity index (χ0n) is 11.6. The lowest BCUT2D eigenvalue weighted by molar-refractivity contribution is 0.0691. The molecule has 1 aliphatic rings. The van der Waals surface area contributed by atoms with Crippen molar-refractivity contribution in [3.8, 4) is 0 Å². The Labute approximate surface area is 113 Å². The molecule has 0 saturated carbocycles. The van der Waals surface area contributed by atoms with Gasteiger partial charge in [-0.15, -0.1) is 0 Å². The number of nitrogens with zero attached hydrogens (tertiary/aromatic N) is 1. The first-order valence-electron chi connectivity index (χ1n) is 6.90. The summed E-state index contributed by atoms with van der Waals surface area (Å²) in [7, 11) is 0. The minimum absolute atomic E-state index is 0.183. The van der Waals surface area contributed by atoms with Gasteiger partial charge in [0.2, 0.25) is 0 Å². The van der Waals surface area contributed by atoms with E-state index in [1.54, 1.807) is 17.0 Å². The molecule has 1 saturated heterocycles. The third-order valence-corrected chi connectivity index (χ3v) is 3.56. The van der Waals surface area contributed by atoms with Crippen molar-refractivity contribution in [1.29, 1.82) is 0 Å². The molecular formula is C15H21FN2O. The maximum absolute atomic E-state index is 13.8. The van der Waals surface area contributed by atoms with E-state index in [2.05, 4.69) is 12.2 Å². The van der Waals surface area contributed by atoms with Gasteiger partial charge in [-0.1, -0.05) is 13.0 Å². The fourth-order valence-corrected chi connectivity index (χ4v) is 2.58. The average molecular weight is 264 g/mol. The standard InChI is InChI=1S/C15H21FN2O/c1-3-17-12-5-4-8-18(10-12)15(19)13-7-6-11(2)9-14(13)16/h6-7,9,12,17H,3-5,8,10H2,1-2H3. The van der Waals surface area contributed by atoms with E-state index >= 15 is 0 Å². The number of carbonyl (C=O) groups is 1. The predicted octanol–water partition coefficient (Wildman–Crippen LogP) is 2.35. The molecule has 1 aromatic rings. The molecule has 1 amide bonds. The molecule has 1 aromatic carbocycles. The highest BCUT2D eigenvalue weighted by atomic mass is 19.1. The minimum atomic E-state index is -0.421. The highest BCUT2D eigenvalue weighted by Crippen LogP contribution is 2.17. The van der Waals surface area contributed by atoms with E-state index in [0.717, 1.165) is 24.9 Å². The summed E-state index contributed by atoms with van der Waals surface area (Å²) in [6.45, 7) is 6.15. The highest BCUT2D eigenvalue weighted by molar-refractivity contribution is 5.94. The van der Waals surface area contributed by atoms with Crippen molar-refractivity contribution in [3.63, 3.8) is 0 Å². The largest absolute Gasteiger partial charge is 0.337 e. The quantitative estimate of drug-likeness (QED) is 0.909. The first-order chi connectivity index (χ1) is 9.11. The Kier molecular flexibility index (Phi) is 4.53. The molecule has 1 fully saturated rings. The van der Waals surface area contributed by atoms with E-state index in [0.29, 0.717) is 19.1 Å². The number of likely N-dealkylation sites (N-methyl/N-ethyl adjacent to an activating group) is 1. The lowest BCUT2D eigenvalue weighted by Crippen LogP contribution is -2.48. The molecule has 0 spiro atoms. The van der Waals surface area contributed by atoms with E-state index in [4.69, 9.17) is 0 Å².